The second-order valence-corrected chi connectivity index (χ2v) is 5.81. The standard InChI is InChI=1S/C14H8ClF6N5O/c1-6(14(19,20)21)27-11-8(16)2-7(3-23-11)9-5-26-10(4-22-9)24-25-12(26)13(15,17)18/h2-6H,1H3/t6-/m1/s1. The summed E-state index contributed by atoms with van der Waals surface area (Å²) >= 11 is 4.95. The van der Waals surface area contributed by atoms with Crippen LogP contribution in [0.3, 0.4) is 0 Å². The second kappa shape index (κ2) is 6.51. The molecule has 0 N–H and O–H groups in total. The summed E-state index contributed by atoms with van der Waals surface area (Å²) < 4.78 is 83.5. The number of aromatic nitrogens is 5. The average molecular weight is 412 g/mol. The van der Waals surface area contributed by atoms with E-state index in [1.807, 2.05) is 0 Å². The highest BCUT2D eigenvalue weighted by Crippen LogP contribution is 2.32. The summed E-state index contributed by atoms with van der Waals surface area (Å²) in [6, 6.07) is 0.808. The highest BCUT2D eigenvalue weighted by Gasteiger charge is 2.39. The van der Waals surface area contributed by atoms with Gasteiger partial charge in [-0.15, -0.1) is 10.2 Å². The number of hydrogen-bond donors (Lipinski definition) is 0. The maximum absolute atomic E-state index is 14.1. The van der Waals surface area contributed by atoms with Gasteiger partial charge in [0, 0.05) is 18.0 Å². The summed E-state index contributed by atoms with van der Waals surface area (Å²) in [5, 5.41) is 2.93. The minimum atomic E-state index is -4.70. The number of fused-ring (bicyclic) bond motifs is 1. The van der Waals surface area contributed by atoms with Crippen molar-refractivity contribution in [3.63, 3.8) is 0 Å². The predicted octanol–water partition coefficient (Wildman–Crippen LogP) is 3.94. The molecule has 0 amide bonds. The molecule has 0 radical (unpaired) electrons. The van der Waals surface area contributed by atoms with Crippen molar-refractivity contribution in [2.45, 2.75) is 24.6 Å². The summed E-state index contributed by atoms with van der Waals surface area (Å²) in [6.07, 6.45) is -3.83. The molecule has 3 aromatic rings. The van der Waals surface area contributed by atoms with Gasteiger partial charge in [0.2, 0.25) is 5.82 Å². The van der Waals surface area contributed by atoms with E-state index in [2.05, 4.69) is 24.9 Å². The van der Waals surface area contributed by atoms with Crippen LogP contribution < -0.4 is 4.74 Å². The number of rotatable bonds is 4. The van der Waals surface area contributed by atoms with E-state index in [9.17, 15) is 26.3 Å². The monoisotopic (exact) mass is 411 g/mol. The molecule has 0 aliphatic rings. The second-order valence-electron chi connectivity index (χ2n) is 5.33. The van der Waals surface area contributed by atoms with Crippen molar-refractivity contribution < 1.29 is 31.1 Å². The smallest absolute Gasteiger partial charge is 0.425 e. The first-order valence-corrected chi connectivity index (χ1v) is 7.52. The first-order valence-electron chi connectivity index (χ1n) is 7.14. The van der Waals surface area contributed by atoms with Crippen molar-refractivity contribution in [2.75, 3.05) is 0 Å². The zero-order valence-corrected chi connectivity index (χ0v) is 13.9. The van der Waals surface area contributed by atoms with Gasteiger partial charge < -0.3 is 4.74 Å². The van der Waals surface area contributed by atoms with Crippen LogP contribution in [-0.4, -0.2) is 36.8 Å². The van der Waals surface area contributed by atoms with Crippen molar-refractivity contribution in [3.05, 3.63) is 36.3 Å². The number of hydrogen-bond acceptors (Lipinski definition) is 5. The molecule has 0 fully saturated rings. The van der Waals surface area contributed by atoms with Crippen LogP contribution in [0.5, 0.6) is 5.88 Å². The molecule has 3 heterocycles. The van der Waals surface area contributed by atoms with Crippen molar-refractivity contribution in [3.8, 4) is 17.1 Å². The minimum Gasteiger partial charge on any atom is -0.463 e. The molecule has 6 nitrogen and oxygen atoms in total. The average Bonchev–Trinajstić information content (AvgIpc) is 2.99. The van der Waals surface area contributed by atoms with E-state index in [4.69, 9.17) is 11.6 Å². The molecule has 3 aromatic heterocycles. The SMILES string of the molecule is C[C@@H](Oc1ncc(-c2cn3c(C(F)(F)Cl)nnc3cn2)cc1F)C(F)(F)F. The Morgan fingerprint density at radius 1 is 1.11 bits per heavy atom. The van der Waals surface area contributed by atoms with Gasteiger partial charge in [-0.05, 0) is 24.6 Å². The third-order valence-electron chi connectivity index (χ3n) is 3.40. The number of ether oxygens (including phenoxy) is 1. The van der Waals surface area contributed by atoms with Gasteiger partial charge in [-0.25, -0.2) is 9.37 Å². The van der Waals surface area contributed by atoms with Gasteiger partial charge in [-0.3, -0.25) is 9.38 Å². The van der Waals surface area contributed by atoms with Crippen LogP contribution in [0.15, 0.2) is 24.7 Å². The lowest BCUT2D eigenvalue weighted by Gasteiger charge is -2.17. The molecular formula is C14H8ClF6N5O. The molecule has 0 bridgehead atoms. The number of pyridine rings is 1. The maximum atomic E-state index is 14.1. The van der Waals surface area contributed by atoms with E-state index in [1.54, 1.807) is 0 Å². The Labute approximate surface area is 151 Å². The Balaban J connectivity index is 1.96. The molecule has 0 unspecified atom stereocenters. The van der Waals surface area contributed by atoms with Crippen molar-refractivity contribution in [1.29, 1.82) is 0 Å². The highest BCUT2D eigenvalue weighted by molar-refractivity contribution is 6.21. The molecular weight excluding hydrogens is 404 g/mol. The predicted molar refractivity (Wildman–Crippen MR) is 79.9 cm³/mol. The number of nitrogens with zero attached hydrogens (tertiary/aromatic N) is 5. The molecule has 1 atom stereocenters. The summed E-state index contributed by atoms with van der Waals surface area (Å²) in [5.41, 5.74) is -0.0632. The van der Waals surface area contributed by atoms with E-state index in [-0.39, 0.29) is 16.9 Å². The van der Waals surface area contributed by atoms with Crippen LogP contribution in [0.25, 0.3) is 16.9 Å². The molecule has 27 heavy (non-hydrogen) atoms. The van der Waals surface area contributed by atoms with Crippen LogP contribution in [0.4, 0.5) is 26.3 Å². The van der Waals surface area contributed by atoms with Gasteiger partial charge in [-0.1, -0.05) is 0 Å². The summed E-state index contributed by atoms with van der Waals surface area (Å²) in [4.78, 5) is 7.40. The zero-order chi connectivity index (χ0) is 20.0. The fourth-order valence-electron chi connectivity index (χ4n) is 2.03. The Hall–Kier alpha value is -2.63. The quantitative estimate of drug-likeness (QED) is 0.480. The molecule has 0 spiro atoms. The number of alkyl halides is 6. The molecule has 0 saturated carbocycles. The highest BCUT2D eigenvalue weighted by atomic mass is 35.5. The Morgan fingerprint density at radius 2 is 1.81 bits per heavy atom. The Morgan fingerprint density at radius 3 is 2.41 bits per heavy atom. The largest absolute Gasteiger partial charge is 0.463 e. The van der Waals surface area contributed by atoms with E-state index in [0.717, 1.165) is 29.1 Å². The third-order valence-corrected chi connectivity index (χ3v) is 3.57. The summed E-state index contributed by atoms with van der Waals surface area (Å²) in [6.45, 7) is 0.699. The molecule has 0 aliphatic heterocycles. The van der Waals surface area contributed by atoms with Gasteiger partial charge in [0.1, 0.15) is 0 Å². The van der Waals surface area contributed by atoms with Gasteiger partial charge in [0.15, 0.2) is 17.6 Å². The van der Waals surface area contributed by atoms with Gasteiger partial charge in [0.05, 0.1) is 11.9 Å². The molecule has 0 aliphatic carbocycles. The van der Waals surface area contributed by atoms with Gasteiger partial charge >= 0.3 is 11.6 Å². The van der Waals surface area contributed by atoms with E-state index in [0.29, 0.717) is 6.92 Å². The van der Waals surface area contributed by atoms with Crippen LogP contribution in [-0.2, 0) is 5.38 Å². The lowest BCUT2D eigenvalue weighted by molar-refractivity contribution is -0.190. The van der Waals surface area contributed by atoms with Crippen LogP contribution in [0.2, 0.25) is 0 Å². The van der Waals surface area contributed by atoms with Crippen molar-refractivity contribution in [2.24, 2.45) is 0 Å². The van der Waals surface area contributed by atoms with E-state index < -0.39 is 35.2 Å². The topological polar surface area (TPSA) is 65.2 Å². The normalized spacial score (nSPS) is 13.8. The third kappa shape index (κ3) is 3.89. The first kappa shape index (κ1) is 19.1. The molecule has 13 heteroatoms. The summed E-state index contributed by atoms with van der Waals surface area (Å²) in [7, 11) is 0. The van der Waals surface area contributed by atoms with Crippen LogP contribution >= 0.6 is 11.6 Å². The van der Waals surface area contributed by atoms with Crippen LogP contribution in [0, 0.1) is 5.82 Å². The van der Waals surface area contributed by atoms with Gasteiger partial charge in [-0.2, -0.15) is 22.0 Å². The van der Waals surface area contributed by atoms with Crippen molar-refractivity contribution in [1.82, 2.24) is 24.6 Å². The van der Waals surface area contributed by atoms with Crippen LogP contribution in [0.1, 0.15) is 12.7 Å². The van der Waals surface area contributed by atoms with Gasteiger partial charge in [0.25, 0.3) is 5.88 Å². The molecule has 144 valence electrons. The lowest BCUT2D eigenvalue weighted by Crippen LogP contribution is -2.31. The maximum Gasteiger partial charge on any atom is 0.425 e. The first-order chi connectivity index (χ1) is 12.5. The molecule has 0 saturated heterocycles. The molecule has 0 aromatic carbocycles. The lowest BCUT2D eigenvalue weighted by atomic mass is 10.2. The fourth-order valence-corrected chi connectivity index (χ4v) is 2.16. The minimum absolute atomic E-state index is 0.000972. The van der Waals surface area contributed by atoms with Crippen molar-refractivity contribution >= 4 is 17.2 Å². The number of halogens is 7. The molecule has 3 rings (SSSR count). The van der Waals surface area contributed by atoms with E-state index >= 15 is 0 Å². The summed E-state index contributed by atoms with van der Waals surface area (Å²) in [5.74, 6) is -2.92. The zero-order valence-electron chi connectivity index (χ0n) is 13.2. The fraction of sp³-hybridized carbons (Fsp3) is 0.286. The van der Waals surface area contributed by atoms with E-state index in [1.165, 1.54) is 0 Å². The Bertz CT molecular complexity index is 986. The Kier molecular flexibility index (Phi) is 4.62.